The number of likely N-dealkylation sites (N-methyl/N-ethyl adjacent to an activating group) is 1. The SMILES string of the molecule is [CH2]CCc1ccc(N2CCN(CC)CC2)nc1. The van der Waals surface area contributed by atoms with Crippen molar-refractivity contribution in [1.82, 2.24) is 9.88 Å². The van der Waals surface area contributed by atoms with Crippen molar-refractivity contribution in [3.05, 3.63) is 30.8 Å². The van der Waals surface area contributed by atoms with E-state index in [9.17, 15) is 0 Å². The minimum absolute atomic E-state index is 0.941. The Morgan fingerprint density at radius 2 is 2.00 bits per heavy atom. The number of aryl methyl sites for hydroxylation is 1. The summed E-state index contributed by atoms with van der Waals surface area (Å²) in [5.41, 5.74) is 1.29. The van der Waals surface area contributed by atoms with Crippen LogP contribution < -0.4 is 4.90 Å². The van der Waals surface area contributed by atoms with Crippen LogP contribution in [0.2, 0.25) is 0 Å². The van der Waals surface area contributed by atoms with Crippen LogP contribution in [0.25, 0.3) is 0 Å². The van der Waals surface area contributed by atoms with E-state index < -0.39 is 0 Å². The summed E-state index contributed by atoms with van der Waals surface area (Å²) in [5.74, 6) is 1.12. The molecule has 2 rings (SSSR count). The molecule has 3 nitrogen and oxygen atoms in total. The van der Waals surface area contributed by atoms with Gasteiger partial charge in [0.05, 0.1) is 0 Å². The number of hydrogen-bond donors (Lipinski definition) is 0. The molecule has 1 aromatic heterocycles. The summed E-state index contributed by atoms with van der Waals surface area (Å²) >= 11 is 0. The highest BCUT2D eigenvalue weighted by atomic mass is 15.3. The Kier molecular flexibility index (Phi) is 4.37. The van der Waals surface area contributed by atoms with E-state index in [0.717, 1.165) is 51.4 Å². The van der Waals surface area contributed by atoms with Crippen LogP contribution in [0.1, 0.15) is 18.9 Å². The van der Waals surface area contributed by atoms with Crippen molar-refractivity contribution in [3.63, 3.8) is 0 Å². The molecule has 0 spiro atoms. The fraction of sp³-hybridized carbons (Fsp3) is 0.571. The third-order valence-electron chi connectivity index (χ3n) is 3.42. The fourth-order valence-electron chi connectivity index (χ4n) is 2.25. The second kappa shape index (κ2) is 6.01. The van der Waals surface area contributed by atoms with Gasteiger partial charge in [0.15, 0.2) is 0 Å². The average molecular weight is 232 g/mol. The molecule has 1 aromatic rings. The molecule has 0 N–H and O–H groups in total. The van der Waals surface area contributed by atoms with Gasteiger partial charge >= 0.3 is 0 Å². The van der Waals surface area contributed by atoms with E-state index in [-0.39, 0.29) is 0 Å². The topological polar surface area (TPSA) is 19.4 Å². The van der Waals surface area contributed by atoms with Crippen LogP contribution in [-0.2, 0) is 6.42 Å². The Morgan fingerprint density at radius 3 is 2.53 bits per heavy atom. The molecule has 1 radical (unpaired) electrons. The molecule has 93 valence electrons. The van der Waals surface area contributed by atoms with Gasteiger partial charge in [-0.05, 0) is 31.0 Å². The quantitative estimate of drug-likeness (QED) is 0.791. The van der Waals surface area contributed by atoms with E-state index in [4.69, 9.17) is 0 Å². The zero-order valence-corrected chi connectivity index (χ0v) is 10.7. The van der Waals surface area contributed by atoms with E-state index in [1.54, 1.807) is 0 Å². The monoisotopic (exact) mass is 232 g/mol. The highest BCUT2D eigenvalue weighted by Crippen LogP contribution is 2.14. The number of anilines is 1. The number of nitrogens with zero attached hydrogens (tertiary/aromatic N) is 3. The first-order valence-electron chi connectivity index (χ1n) is 6.55. The van der Waals surface area contributed by atoms with Crippen LogP contribution in [0.4, 0.5) is 5.82 Å². The smallest absolute Gasteiger partial charge is 0.128 e. The molecule has 0 aromatic carbocycles. The molecule has 0 amide bonds. The number of pyridine rings is 1. The molecule has 1 saturated heterocycles. The Bertz CT molecular complexity index is 326. The molecule has 0 bridgehead atoms. The summed E-state index contributed by atoms with van der Waals surface area (Å²) in [6.07, 6.45) is 3.96. The molecule has 17 heavy (non-hydrogen) atoms. The van der Waals surface area contributed by atoms with E-state index in [1.165, 1.54) is 5.56 Å². The fourth-order valence-corrected chi connectivity index (χ4v) is 2.25. The van der Waals surface area contributed by atoms with Crippen molar-refractivity contribution in [3.8, 4) is 0 Å². The van der Waals surface area contributed by atoms with Gasteiger partial charge in [-0.2, -0.15) is 0 Å². The highest BCUT2D eigenvalue weighted by Gasteiger charge is 2.16. The van der Waals surface area contributed by atoms with E-state index in [0.29, 0.717) is 0 Å². The average Bonchev–Trinajstić information content (AvgIpc) is 2.40. The zero-order valence-electron chi connectivity index (χ0n) is 10.7. The van der Waals surface area contributed by atoms with Gasteiger partial charge in [-0.15, -0.1) is 0 Å². The van der Waals surface area contributed by atoms with Crippen LogP contribution in [0.5, 0.6) is 0 Å². The van der Waals surface area contributed by atoms with Crippen molar-refractivity contribution in [1.29, 1.82) is 0 Å². The van der Waals surface area contributed by atoms with Crippen molar-refractivity contribution in [2.24, 2.45) is 0 Å². The lowest BCUT2D eigenvalue weighted by atomic mass is 10.2. The summed E-state index contributed by atoms with van der Waals surface area (Å²) in [6.45, 7) is 11.7. The van der Waals surface area contributed by atoms with Gasteiger partial charge in [0.25, 0.3) is 0 Å². The summed E-state index contributed by atoms with van der Waals surface area (Å²) in [6, 6.07) is 4.33. The molecule has 0 saturated carbocycles. The molecule has 1 aliphatic heterocycles. The lowest BCUT2D eigenvalue weighted by molar-refractivity contribution is 0.270. The van der Waals surface area contributed by atoms with Crippen LogP contribution in [0.3, 0.4) is 0 Å². The number of aromatic nitrogens is 1. The molecule has 2 heterocycles. The lowest BCUT2D eigenvalue weighted by Gasteiger charge is -2.34. The maximum absolute atomic E-state index is 4.55. The van der Waals surface area contributed by atoms with Gasteiger partial charge in [0.1, 0.15) is 5.82 Å². The van der Waals surface area contributed by atoms with Crippen molar-refractivity contribution >= 4 is 5.82 Å². The first-order chi connectivity index (χ1) is 8.33. The summed E-state index contributed by atoms with van der Waals surface area (Å²) < 4.78 is 0. The summed E-state index contributed by atoms with van der Waals surface area (Å²) in [7, 11) is 0. The van der Waals surface area contributed by atoms with E-state index in [1.807, 2.05) is 6.20 Å². The zero-order chi connectivity index (χ0) is 12.1. The van der Waals surface area contributed by atoms with Crippen molar-refractivity contribution in [2.45, 2.75) is 19.8 Å². The van der Waals surface area contributed by atoms with Gasteiger partial charge in [-0.25, -0.2) is 4.98 Å². The number of rotatable bonds is 4. The Hall–Kier alpha value is -1.09. The second-order valence-corrected chi connectivity index (χ2v) is 4.55. The first-order valence-corrected chi connectivity index (χ1v) is 6.55. The van der Waals surface area contributed by atoms with Gasteiger partial charge in [-0.3, -0.25) is 0 Å². The third kappa shape index (κ3) is 3.19. The van der Waals surface area contributed by atoms with Crippen molar-refractivity contribution < 1.29 is 0 Å². The maximum Gasteiger partial charge on any atom is 0.128 e. The largest absolute Gasteiger partial charge is 0.354 e. The molecule has 1 aliphatic rings. The van der Waals surface area contributed by atoms with Gasteiger partial charge < -0.3 is 9.80 Å². The maximum atomic E-state index is 4.55. The van der Waals surface area contributed by atoms with Crippen LogP contribution >= 0.6 is 0 Å². The van der Waals surface area contributed by atoms with Crippen LogP contribution in [-0.4, -0.2) is 42.6 Å². The lowest BCUT2D eigenvalue weighted by Crippen LogP contribution is -2.46. The molecule has 0 aliphatic carbocycles. The number of hydrogen-bond acceptors (Lipinski definition) is 3. The predicted octanol–water partition coefficient (Wildman–Crippen LogP) is 1.99. The minimum Gasteiger partial charge on any atom is -0.354 e. The van der Waals surface area contributed by atoms with Gasteiger partial charge in [-0.1, -0.05) is 19.9 Å². The standard InChI is InChI=1S/C14H22N3/c1-3-5-13-6-7-14(15-12-13)17-10-8-16(4-2)9-11-17/h6-7,12H,1,3-5,8-11H2,2H3. The first kappa shape index (κ1) is 12.4. The molecular formula is C14H22N3. The molecule has 0 unspecified atom stereocenters. The summed E-state index contributed by atoms with van der Waals surface area (Å²) in [5, 5.41) is 0. The molecular weight excluding hydrogens is 210 g/mol. The van der Waals surface area contributed by atoms with Crippen LogP contribution in [0, 0.1) is 6.92 Å². The highest BCUT2D eigenvalue weighted by molar-refractivity contribution is 5.39. The second-order valence-electron chi connectivity index (χ2n) is 4.55. The summed E-state index contributed by atoms with van der Waals surface area (Å²) in [4.78, 5) is 9.41. The Morgan fingerprint density at radius 1 is 1.24 bits per heavy atom. The Labute approximate surface area is 104 Å². The number of piperazine rings is 1. The third-order valence-corrected chi connectivity index (χ3v) is 3.42. The van der Waals surface area contributed by atoms with Gasteiger partial charge in [0, 0.05) is 32.4 Å². The van der Waals surface area contributed by atoms with Gasteiger partial charge in [0.2, 0.25) is 0 Å². The Balaban J connectivity index is 1.94. The minimum atomic E-state index is 0.941. The molecule has 3 heteroatoms. The van der Waals surface area contributed by atoms with E-state index >= 15 is 0 Å². The van der Waals surface area contributed by atoms with Crippen molar-refractivity contribution in [2.75, 3.05) is 37.6 Å². The van der Waals surface area contributed by atoms with Crippen LogP contribution in [0.15, 0.2) is 18.3 Å². The molecule has 0 atom stereocenters. The van der Waals surface area contributed by atoms with E-state index in [2.05, 4.69) is 40.8 Å². The normalized spacial score (nSPS) is 17.4. The molecule has 1 fully saturated rings. The predicted molar refractivity (Wildman–Crippen MR) is 72.2 cm³/mol.